The van der Waals surface area contributed by atoms with E-state index in [4.69, 9.17) is 18.6 Å². The lowest BCUT2D eigenvalue weighted by molar-refractivity contribution is -0.239. The summed E-state index contributed by atoms with van der Waals surface area (Å²) in [5, 5.41) is 0.139. The molecule has 5 heteroatoms. The van der Waals surface area contributed by atoms with Crippen molar-refractivity contribution in [3.05, 3.63) is 12.2 Å². The number of hydrogen-bond acceptors (Lipinski definition) is 4. The molecule has 0 aromatic rings. The van der Waals surface area contributed by atoms with Crippen molar-refractivity contribution in [3.63, 3.8) is 0 Å². The van der Waals surface area contributed by atoms with E-state index in [2.05, 4.69) is 87.6 Å². The Morgan fingerprint density at radius 1 is 1.03 bits per heavy atom. The molecule has 2 aliphatic carbocycles. The summed E-state index contributed by atoms with van der Waals surface area (Å²) in [5.41, 5.74) is -0.940. The summed E-state index contributed by atoms with van der Waals surface area (Å²) in [7, 11) is -2.02. The molecule has 166 valence electrons. The molecule has 1 saturated carbocycles. The highest BCUT2D eigenvalue weighted by Gasteiger charge is 2.79. The standard InChI is InChI=1S/C24H42O4Si/c1-15-13-12-14-23(9)19-17(25-22(7,8)26-19)16-18(24(15,23)28-21(16,5)6)27-29(10,11)20(2,3)4/h12-13,15-19H,14H2,1-11H3/t15-,16-,17-,18-,19-,23+,24-/m0/s1. The smallest absolute Gasteiger partial charge is 0.192 e. The van der Waals surface area contributed by atoms with Gasteiger partial charge in [-0.3, -0.25) is 0 Å². The molecule has 0 unspecified atom stereocenters. The van der Waals surface area contributed by atoms with Crippen LogP contribution in [0.25, 0.3) is 0 Å². The maximum atomic E-state index is 7.28. The molecular weight excluding hydrogens is 380 g/mol. The van der Waals surface area contributed by atoms with E-state index < -0.39 is 19.7 Å². The van der Waals surface area contributed by atoms with Crippen molar-refractivity contribution in [2.24, 2.45) is 17.3 Å². The third-order valence-electron chi connectivity index (χ3n) is 8.86. The van der Waals surface area contributed by atoms with Gasteiger partial charge in [-0.1, -0.05) is 46.8 Å². The Kier molecular flexibility index (Phi) is 4.53. The first-order valence-electron chi connectivity index (χ1n) is 11.4. The minimum atomic E-state index is -2.02. The highest BCUT2D eigenvalue weighted by atomic mass is 28.4. The second-order valence-corrected chi connectivity index (χ2v) is 17.4. The predicted molar refractivity (Wildman–Crippen MR) is 118 cm³/mol. The number of ether oxygens (including phenoxy) is 3. The van der Waals surface area contributed by atoms with E-state index >= 15 is 0 Å². The molecule has 0 aromatic carbocycles. The minimum Gasteiger partial charge on any atom is -0.410 e. The van der Waals surface area contributed by atoms with Crippen molar-refractivity contribution < 1.29 is 18.6 Å². The summed E-state index contributed by atoms with van der Waals surface area (Å²) in [4.78, 5) is 0. The van der Waals surface area contributed by atoms with Crippen molar-refractivity contribution in [3.8, 4) is 0 Å². The maximum absolute atomic E-state index is 7.28. The Morgan fingerprint density at radius 2 is 1.66 bits per heavy atom. The van der Waals surface area contributed by atoms with Crippen LogP contribution >= 0.6 is 0 Å². The maximum Gasteiger partial charge on any atom is 0.192 e. The van der Waals surface area contributed by atoms with E-state index in [1.807, 2.05) is 0 Å². The topological polar surface area (TPSA) is 36.9 Å². The van der Waals surface area contributed by atoms with Crippen molar-refractivity contribution in [1.82, 2.24) is 0 Å². The van der Waals surface area contributed by atoms with E-state index in [-0.39, 0.29) is 46.2 Å². The molecule has 7 atom stereocenters. The van der Waals surface area contributed by atoms with Crippen LogP contribution in [0.15, 0.2) is 12.2 Å². The zero-order chi connectivity index (χ0) is 21.8. The average Bonchev–Trinajstić information content (AvgIpc) is 2.93. The fraction of sp³-hybridized carbons (Fsp3) is 0.917. The average molecular weight is 423 g/mol. The van der Waals surface area contributed by atoms with Gasteiger partial charge < -0.3 is 18.6 Å². The van der Waals surface area contributed by atoms with E-state index in [9.17, 15) is 0 Å². The summed E-state index contributed by atoms with van der Waals surface area (Å²) >= 11 is 0. The number of hydrogen-bond donors (Lipinski definition) is 0. The van der Waals surface area contributed by atoms with Crippen LogP contribution in [-0.4, -0.2) is 43.6 Å². The number of fused-ring (bicyclic) bond motifs is 4. The molecule has 0 N–H and O–H groups in total. The van der Waals surface area contributed by atoms with Gasteiger partial charge in [-0.05, 0) is 52.2 Å². The quantitative estimate of drug-likeness (QED) is 0.424. The van der Waals surface area contributed by atoms with Crippen LogP contribution in [0, 0.1) is 17.3 Å². The van der Waals surface area contributed by atoms with Gasteiger partial charge in [0.15, 0.2) is 14.1 Å². The predicted octanol–water partition coefficient (Wildman–Crippen LogP) is 5.68. The summed E-state index contributed by atoms with van der Waals surface area (Å²) in [6.45, 7) is 24.9. The lowest BCUT2D eigenvalue weighted by Gasteiger charge is -2.60. The zero-order valence-electron chi connectivity index (χ0n) is 20.4. The van der Waals surface area contributed by atoms with Gasteiger partial charge in [-0.25, -0.2) is 0 Å². The fourth-order valence-electron chi connectivity index (χ4n) is 6.43. The van der Waals surface area contributed by atoms with Crippen LogP contribution in [0.4, 0.5) is 0 Å². The molecule has 0 amide bonds. The Balaban J connectivity index is 1.91. The lowest BCUT2D eigenvalue weighted by Crippen LogP contribution is -2.71. The van der Waals surface area contributed by atoms with Gasteiger partial charge in [0, 0.05) is 17.3 Å². The summed E-state index contributed by atoms with van der Waals surface area (Å²) < 4.78 is 27.6. The van der Waals surface area contributed by atoms with Crippen molar-refractivity contribution in [1.29, 1.82) is 0 Å². The summed E-state index contributed by atoms with van der Waals surface area (Å²) in [6, 6.07) is 0. The van der Waals surface area contributed by atoms with Gasteiger partial charge in [-0.15, -0.1) is 0 Å². The molecular formula is C24H42O4Si. The molecule has 0 aromatic heterocycles. The largest absolute Gasteiger partial charge is 0.410 e. The Labute approximate surface area is 178 Å². The molecule has 1 spiro atoms. The molecule has 2 saturated heterocycles. The van der Waals surface area contributed by atoms with E-state index in [0.717, 1.165) is 6.42 Å². The molecule has 3 fully saturated rings. The number of rotatable bonds is 2. The lowest BCUT2D eigenvalue weighted by atomic mass is 9.51. The van der Waals surface area contributed by atoms with E-state index in [1.54, 1.807) is 0 Å². The van der Waals surface area contributed by atoms with Gasteiger partial charge in [0.2, 0.25) is 0 Å². The Hall–Kier alpha value is -0.203. The molecule has 4 nitrogen and oxygen atoms in total. The molecule has 4 rings (SSSR count). The monoisotopic (exact) mass is 422 g/mol. The first-order chi connectivity index (χ1) is 13.0. The molecule has 2 aliphatic heterocycles. The summed E-state index contributed by atoms with van der Waals surface area (Å²) in [5.74, 6) is -0.176. The molecule has 0 radical (unpaired) electrons. The van der Waals surface area contributed by atoms with Gasteiger partial charge in [0.1, 0.15) is 5.60 Å². The third kappa shape index (κ3) is 2.76. The van der Waals surface area contributed by atoms with Crippen molar-refractivity contribution >= 4 is 8.32 Å². The normalized spacial score (nSPS) is 47.8. The van der Waals surface area contributed by atoms with Gasteiger partial charge >= 0.3 is 0 Å². The molecule has 2 heterocycles. The highest BCUT2D eigenvalue weighted by Crippen LogP contribution is 2.68. The Bertz CT molecular complexity index is 721. The number of allylic oxidation sites excluding steroid dienone is 1. The van der Waals surface area contributed by atoms with Crippen molar-refractivity contribution in [2.75, 3.05) is 0 Å². The van der Waals surface area contributed by atoms with E-state index in [0.29, 0.717) is 0 Å². The van der Waals surface area contributed by atoms with Crippen LogP contribution < -0.4 is 0 Å². The van der Waals surface area contributed by atoms with Gasteiger partial charge in [-0.2, -0.15) is 0 Å². The van der Waals surface area contributed by atoms with Crippen LogP contribution in [0.5, 0.6) is 0 Å². The van der Waals surface area contributed by atoms with Crippen molar-refractivity contribution in [2.45, 2.75) is 122 Å². The van der Waals surface area contributed by atoms with Crippen LogP contribution in [0.3, 0.4) is 0 Å². The minimum absolute atomic E-state index is 0.00194. The van der Waals surface area contributed by atoms with Crippen LogP contribution in [0.1, 0.15) is 68.7 Å². The zero-order valence-corrected chi connectivity index (χ0v) is 21.4. The molecule has 2 bridgehead atoms. The highest BCUT2D eigenvalue weighted by molar-refractivity contribution is 6.74. The summed E-state index contributed by atoms with van der Waals surface area (Å²) in [6.07, 6.45) is 5.58. The van der Waals surface area contributed by atoms with Crippen LogP contribution in [-0.2, 0) is 18.6 Å². The Morgan fingerprint density at radius 3 is 2.24 bits per heavy atom. The van der Waals surface area contributed by atoms with Gasteiger partial charge in [0.05, 0.1) is 23.9 Å². The molecule has 4 aliphatic rings. The first kappa shape index (κ1) is 22.0. The molecule has 29 heavy (non-hydrogen) atoms. The third-order valence-corrected chi connectivity index (χ3v) is 13.3. The first-order valence-corrected chi connectivity index (χ1v) is 14.3. The second kappa shape index (κ2) is 5.98. The van der Waals surface area contributed by atoms with Gasteiger partial charge in [0.25, 0.3) is 0 Å². The SMILES string of the molecule is C[C@H]1C=CC[C@]2(C)[C@H]3OC(C)(C)O[C@H]3[C@H]3[C@H](O[Si](C)(C)C(C)(C)C)[C@@]12OC3(C)C. The van der Waals surface area contributed by atoms with E-state index in [1.165, 1.54) is 0 Å². The fourth-order valence-corrected chi connectivity index (χ4v) is 7.74. The van der Waals surface area contributed by atoms with Crippen LogP contribution in [0.2, 0.25) is 18.1 Å². The second-order valence-electron chi connectivity index (χ2n) is 12.7.